The van der Waals surface area contributed by atoms with E-state index < -0.39 is 10.0 Å². The summed E-state index contributed by atoms with van der Waals surface area (Å²) in [7, 11) is -3.70. The van der Waals surface area contributed by atoms with Gasteiger partial charge in [0, 0.05) is 43.2 Å². The zero-order valence-electron chi connectivity index (χ0n) is 17.5. The summed E-state index contributed by atoms with van der Waals surface area (Å²) in [5, 5.41) is 4.82. The summed E-state index contributed by atoms with van der Waals surface area (Å²) in [6, 6.07) is 8.25. The van der Waals surface area contributed by atoms with E-state index in [9.17, 15) is 18.0 Å². The van der Waals surface area contributed by atoms with Gasteiger partial charge in [-0.2, -0.15) is 4.31 Å². The van der Waals surface area contributed by atoms with E-state index in [2.05, 4.69) is 5.32 Å². The molecule has 2 amide bonds. The largest absolute Gasteiger partial charge is 0.356 e. The smallest absolute Gasteiger partial charge is 0.253 e. The van der Waals surface area contributed by atoms with Crippen LogP contribution in [0.25, 0.3) is 0 Å². The van der Waals surface area contributed by atoms with Gasteiger partial charge in [-0.1, -0.05) is 6.07 Å². The lowest BCUT2D eigenvalue weighted by Gasteiger charge is -2.32. The molecule has 0 saturated carbocycles. The average molecular weight is 462 g/mol. The van der Waals surface area contributed by atoms with Crippen LogP contribution in [0.4, 0.5) is 0 Å². The molecule has 1 atom stereocenters. The van der Waals surface area contributed by atoms with Crippen molar-refractivity contribution in [3.05, 3.63) is 51.7 Å². The third-order valence-electron chi connectivity index (χ3n) is 5.92. The minimum atomic E-state index is -3.70. The van der Waals surface area contributed by atoms with Crippen molar-refractivity contribution in [3.63, 3.8) is 0 Å². The maximum Gasteiger partial charge on any atom is 0.253 e. The van der Waals surface area contributed by atoms with Crippen LogP contribution in [0.15, 0.2) is 40.6 Å². The molecule has 0 aliphatic carbocycles. The summed E-state index contributed by atoms with van der Waals surface area (Å²) >= 11 is 1.66. The van der Waals surface area contributed by atoms with E-state index in [1.165, 1.54) is 15.2 Å². The van der Waals surface area contributed by atoms with Crippen LogP contribution in [0.3, 0.4) is 0 Å². The van der Waals surface area contributed by atoms with Crippen LogP contribution in [0.2, 0.25) is 0 Å². The van der Waals surface area contributed by atoms with Crippen LogP contribution in [0.1, 0.15) is 40.6 Å². The molecule has 0 unspecified atom stereocenters. The fourth-order valence-corrected chi connectivity index (χ4v) is 6.60. The number of amides is 2. The number of carbonyl (C=O) groups is 2. The lowest BCUT2D eigenvalue weighted by Crippen LogP contribution is -2.45. The van der Waals surface area contributed by atoms with Crippen LogP contribution in [0, 0.1) is 5.92 Å². The highest BCUT2D eigenvalue weighted by Gasteiger charge is 2.31. The standard InChI is InChI=1S/C22H27N3O4S2/c1-2-23-21(26)18-6-4-10-24(14-18)22(27)16-5-3-7-19(13-16)31(28,29)25-11-8-20-17(15-25)9-12-30-20/h3,5,7,9,12-13,18H,2,4,6,8,10-11,14-15H2,1H3,(H,23,26)/t18-/m0/s1. The summed E-state index contributed by atoms with van der Waals surface area (Å²) in [4.78, 5) is 28.3. The van der Waals surface area contributed by atoms with Crippen molar-refractivity contribution in [2.75, 3.05) is 26.2 Å². The highest BCUT2D eigenvalue weighted by Crippen LogP contribution is 2.29. The summed E-state index contributed by atoms with van der Waals surface area (Å²) < 4.78 is 28.0. The summed E-state index contributed by atoms with van der Waals surface area (Å²) in [6.07, 6.45) is 2.21. The number of hydrogen-bond acceptors (Lipinski definition) is 5. The van der Waals surface area contributed by atoms with Crippen molar-refractivity contribution >= 4 is 33.2 Å². The van der Waals surface area contributed by atoms with E-state index in [0.29, 0.717) is 44.7 Å². The lowest BCUT2D eigenvalue weighted by molar-refractivity contribution is -0.126. The number of hydrogen-bond donors (Lipinski definition) is 1. The number of nitrogens with one attached hydrogen (secondary N) is 1. The Labute approximate surface area is 187 Å². The predicted molar refractivity (Wildman–Crippen MR) is 119 cm³/mol. The molecule has 0 radical (unpaired) electrons. The van der Waals surface area contributed by atoms with E-state index in [-0.39, 0.29) is 22.6 Å². The first kappa shape index (κ1) is 22.0. The Morgan fingerprint density at radius 2 is 2.06 bits per heavy atom. The molecule has 7 nitrogen and oxygen atoms in total. The minimum Gasteiger partial charge on any atom is -0.356 e. The zero-order valence-corrected chi connectivity index (χ0v) is 19.2. The Morgan fingerprint density at radius 3 is 2.87 bits per heavy atom. The van der Waals surface area contributed by atoms with Crippen molar-refractivity contribution in [2.45, 2.75) is 37.6 Å². The molecule has 0 spiro atoms. The Balaban J connectivity index is 1.51. The highest BCUT2D eigenvalue weighted by molar-refractivity contribution is 7.89. The molecule has 0 bridgehead atoms. The molecule has 3 heterocycles. The normalized spacial score (nSPS) is 19.6. The van der Waals surface area contributed by atoms with E-state index in [1.54, 1.807) is 34.4 Å². The Bertz CT molecular complexity index is 1080. The molecule has 4 rings (SSSR count). The van der Waals surface area contributed by atoms with Gasteiger partial charge in [0.2, 0.25) is 15.9 Å². The van der Waals surface area contributed by atoms with E-state index >= 15 is 0 Å². The monoisotopic (exact) mass is 461 g/mol. The van der Waals surface area contributed by atoms with E-state index in [0.717, 1.165) is 18.4 Å². The molecule has 1 aromatic heterocycles. The molecule has 1 fully saturated rings. The summed E-state index contributed by atoms with van der Waals surface area (Å²) in [5.74, 6) is -0.489. The molecular weight excluding hydrogens is 434 g/mol. The molecule has 31 heavy (non-hydrogen) atoms. The Kier molecular flexibility index (Phi) is 6.45. The van der Waals surface area contributed by atoms with Crippen molar-refractivity contribution in [3.8, 4) is 0 Å². The van der Waals surface area contributed by atoms with Crippen LogP contribution >= 0.6 is 11.3 Å². The molecular formula is C22H27N3O4S2. The number of nitrogens with zero attached hydrogens (tertiary/aromatic N) is 2. The Hall–Kier alpha value is -2.23. The maximum absolute atomic E-state index is 13.2. The second-order valence-corrected chi connectivity index (χ2v) is 10.9. The van der Waals surface area contributed by atoms with Crippen LogP contribution in [-0.4, -0.2) is 55.6 Å². The van der Waals surface area contributed by atoms with Crippen LogP contribution in [0.5, 0.6) is 0 Å². The van der Waals surface area contributed by atoms with Crippen molar-refractivity contribution in [1.82, 2.24) is 14.5 Å². The molecule has 2 aliphatic heterocycles. The van der Waals surface area contributed by atoms with Gasteiger partial charge in [0.05, 0.1) is 10.8 Å². The second-order valence-electron chi connectivity index (χ2n) is 7.97. The third-order valence-corrected chi connectivity index (χ3v) is 8.79. The quantitative estimate of drug-likeness (QED) is 0.741. The number of piperidine rings is 1. The molecule has 2 aromatic rings. The number of benzene rings is 1. The fraction of sp³-hybridized carbons (Fsp3) is 0.455. The van der Waals surface area contributed by atoms with Gasteiger partial charge in [-0.05, 0) is 61.4 Å². The van der Waals surface area contributed by atoms with Gasteiger partial charge in [0.1, 0.15) is 0 Å². The first-order chi connectivity index (χ1) is 14.9. The topological polar surface area (TPSA) is 86.8 Å². The number of likely N-dealkylation sites (tertiary alicyclic amines) is 1. The molecule has 2 aliphatic rings. The molecule has 166 valence electrons. The lowest BCUT2D eigenvalue weighted by atomic mass is 9.96. The second kappa shape index (κ2) is 9.10. The van der Waals surface area contributed by atoms with Gasteiger partial charge in [0.15, 0.2) is 0 Å². The maximum atomic E-state index is 13.2. The van der Waals surface area contributed by atoms with Gasteiger partial charge < -0.3 is 10.2 Å². The fourth-order valence-electron chi connectivity index (χ4n) is 4.24. The third kappa shape index (κ3) is 4.53. The van der Waals surface area contributed by atoms with Gasteiger partial charge in [0.25, 0.3) is 5.91 Å². The minimum absolute atomic E-state index is 0.0331. The zero-order chi connectivity index (χ0) is 22.0. The highest BCUT2D eigenvalue weighted by atomic mass is 32.2. The number of thiophene rings is 1. The Morgan fingerprint density at radius 1 is 1.23 bits per heavy atom. The van der Waals surface area contributed by atoms with Crippen molar-refractivity contribution < 1.29 is 18.0 Å². The number of carbonyl (C=O) groups excluding carboxylic acids is 2. The first-order valence-electron chi connectivity index (χ1n) is 10.6. The van der Waals surface area contributed by atoms with Gasteiger partial charge in [-0.25, -0.2) is 8.42 Å². The summed E-state index contributed by atoms with van der Waals surface area (Å²) in [5.41, 5.74) is 1.39. The molecule has 1 aromatic carbocycles. The van der Waals surface area contributed by atoms with Gasteiger partial charge in [-0.3, -0.25) is 9.59 Å². The molecule has 1 N–H and O–H groups in total. The molecule has 9 heteroatoms. The average Bonchev–Trinajstić information content (AvgIpc) is 3.27. The van der Waals surface area contributed by atoms with E-state index in [1.807, 2.05) is 18.4 Å². The SMILES string of the molecule is CCNC(=O)[C@H]1CCCN(C(=O)c2cccc(S(=O)(=O)N3CCc4sccc4C3)c2)C1. The van der Waals surface area contributed by atoms with Crippen LogP contribution in [-0.2, 0) is 27.8 Å². The predicted octanol–water partition coefficient (Wildman–Crippen LogP) is 2.48. The number of rotatable bonds is 5. The van der Waals surface area contributed by atoms with Crippen molar-refractivity contribution in [2.24, 2.45) is 5.92 Å². The van der Waals surface area contributed by atoms with E-state index in [4.69, 9.17) is 0 Å². The van der Waals surface area contributed by atoms with Crippen LogP contribution < -0.4 is 5.32 Å². The van der Waals surface area contributed by atoms with Crippen molar-refractivity contribution in [1.29, 1.82) is 0 Å². The van der Waals surface area contributed by atoms with Gasteiger partial charge in [-0.15, -0.1) is 11.3 Å². The summed E-state index contributed by atoms with van der Waals surface area (Å²) in [6.45, 7) is 4.16. The number of fused-ring (bicyclic) bond motifs is 1. The molecule has 1 saturated heterocycles. The number of sulfonamides is 1. The van der Waals surface area contributed by atoms with Gasteiger partial charge >= 0.3 is 0 Å². The first-order valence-corrected chi connectivity index (χ1v) is 12.9.